The fourth-order valence-corrected chi connectivity index (χ4v) is 6.58. The van der Waals surface area contributed by atoms with E-state index >= 15 is 0 Å². The van der Waals surface area contributed by atoms with E-state index in [1.54, 1.807) is 24.4 Å². The number of benzene rings is 2. The molecular weight excluding hydrogens is 585 g/mol. The largest absolute Gasteiger partial charge is 0.401 e. The summed E-state index contributed by atoms with van der Waals surface area (Å²) in [6, 6.07) is 10.1. The molecule has 3 aromatic rings. The molecule has 2 atom stereocenters. The van der Waals surface area contributed by atoms with E-state index in [9.17, 15) is 36.3 Å². The third kappa shape index (κ3) is 5.18. The number of rotatable bonds is 5. The zero-order valence-electron chi connectivity index (χ0n) is 23.8. The van der Waals surface area contributed by atoms with E-state index in [1.165, 1.54) is 13.8 Å². The van der Waals surface area contributed by atoms with Gasteiger partial charge < -0.3 is 15.5 Å². The molecule has 6 rings (SSSR count). The number of aromatic nitrogens is 1. The molecule has 1 spiro atoms. The highest BCUT2D eigenvalue weighted by Crippen LogP contribution is 2.47. The van der Waals surface area contributed by atoms with Gasteiger partial charge in [0, 0.05) is 30.1 Å². The van der Waals surface area contributed by atoms with Crippen LogP contribution in [0.4, 0.5) is 33.5 Å². The van der Waals surface area contributed by atoms with Crippen LogP contribution in [0.5, 0.6) is 0 Å². The molecule has 0 bridgehead atoms. The van der Waals surface area contributed by atoms with E-state index in [-0.39, 0.29) is 11.5 Å². The summed E-state index contributed by atoms with van der Waals surface area (Å²) in [5.41, 5.74) is 0.437. The smallest absolute Gasteiger partial charge is 0.325 e. The number of hydrogen-bond acceptors (Lipinski definition) is 5. The van der Waals surface area contributed by atoms with E-state index in [0.29, 0.717) is 30.4 Å². The second-order valence-corrected chi connectivity index (χ2v) is 12.0. The Hall–Kier alpha value is -4.39. The van der Waals surface area contributed by atoms with E-state index < -0.39 is 66.3 Å². The number of carbonyl (C=O) groups excluding carboxylic acids is 3. The Morgan fingerprint density at radius 3 is 2.45 bits per heavy atom. The molecule has 1 saturated heterocycles. The number of nitrogens with one attached hydrogen (secondary N) is 2. The number of nitrogens with zero attached hydrogens (tertiary/aromatic N) is 3. The lowest BCUT2D eigenvalue weighted by Crippen LogP contribution is -2.66. The Balaban J connectivity index is 1.24. The van der Waals surface area contributed by atoms with Crippen LogP contribution in [0.25, 0.3) is 0 Å². The number of anilines is 2. The van der Waals surface area contributed by atoms with Crippen molar-refractivity contribution in [2.24, 2.45) is 0 Å². The molecule has 8 nitrogen and oxygen atoms in total. The first-order valence-corrected chi connectivity index (χ1v) is 13.9. The summed E-state index contributed by atoms with van der Waals surface area (Å²) in [4.78, 5) is 46.2. The standard InChI is InChI=1S/C31H28F5N5O3/c1-29(2)28(44)41(24(14-40(29)16-31(34,35)36)18-8-20(32)11-21(33)9-18)15-25(42)38-22-6-5-17-12-30(13-19(17)10-22)23-4-3-7-37-26(23)39-27(30)43/h3-11,24H,12-16H2,1-2H3,(H,38,42)(H,37,39,43)/t24-,30+/m0/s1. The van der Waals surface area contributed by atoms with Crippen molar-refractivity contribution in [3.05, 3.63) is 88.6 Å². The summed E-state index contributed by atoms with van der Waals surface area (Å²) in [6.45, 7) is 0.228. The topological polar surface area (TPSA) is 94.6 Å². The molecule has 2 N–H and O–H groups in total. The lowest BCUT2D eigenvalue weighted by atomic mass is 9.79. The molecule has 13 heteroatoms. The van der Waals surface area contributed by atoms with Crippen LogP contribution in [-0.2, 0) is 32.6 Å². The van der Waals surface area contributed by atoms with Gasteiger partial charge in [0.2, 0.25) is 17.7 Å². The molecule has 3 aliphatic rings. The number of halogens is 5. The normalized spacial score (nSPS) is 22.6. The van der Waals surface area contributed by atoms with Crippen molar-refractivity contribution in [2.75, 3.05) is 30.3 Å². The van der Waals surface area contributed by atoms with Crippen LogP contribution in [-0.4, -0.2) is 63.9 Å². The molecule has 230 valence electrons. The van der Waals surface area contributed by atoms with Crippen LogP contribution in [0, 0.1) is 11.6 Å². The number of hydrogen-bond donors (Lipinski definition) is 2. The fraction of sp³-hybridized carbons (Fsp3) is 0.355. The quantitative estimate of drug-likeness (QED) is 0.413. The van der Waals surface area contributed by atoms with Gasteiger partial charge in [0.15, 0.2) is 0 Å². The third-order valence-corrected chi connectivity index (χ3v) is 8.76. The average Bonchev–Trinajstić information content (AvgIpc) is 3.44. The average molecular weight is 614 g/mol. The van der Waals surface area contributed by atoms with E-state index in [4.69, 9.17) is 0 Å². The van der Waals surface area contributed by atoms with Gasteiger partial charge in [-0.3, -0.25) is 19.3 Å². The molecule has 3 heterocycles. The van der Waals surface area contributed by atoms with E-state index in [0.717, 1.165) is 38.6 Å². The molecule has 0 radical (unpaired) electrons. The Morgan fingerprint density at radius 1 is 1.05 bits per heavy atom. The molecular formula is C31H28F5N5O3. The maximum atomic E-state index is 14.2. The van der Waals surface area contributed by atoms with Gasteiger partial charge in [0.1, 0.15) is 24.0 Å². The van der Waals surface area contributed by atoms with Crippen LogP contribution >= 0.6 is 0 Å². The summed E-state index contributed by atoms with van der Waals surface area (Å²) in [5, 5.41) is 5.57. The predicted octanol–water partition coefficient (Wildman–Crippen LogP) is 4.51. The minimum atomic E-state index is -4.64. The van der Waals surface area contributed by atoms with Crippen LogP contribution < -0.4 is 10.6 Å². The van der Waals surface area contributed by atoms with Crippen LogP contribution in [0.2, 0.25) is 0 Å². The maximum Gasteiger partial charge on any atom is 0.401 e. The second kappa shape index (κ2) is 10.4. The monoisotopic (exact) mass is 613 g/mol. The highest BCUT2D eigenvalue weighted by molar-refractivity contribution is 6.06. The zero-order chi connectivity index (χ0) is 31.6. The van der Waals surface area contributed by atoms with Gasteiger partial charge in [-0.1, -0.05) is 12.1 Å². The van der Waals surface area contributed by atoms with E-state index in [2.05, 4.69) is 15.6 Å². The molecule has 1 aromatic heterocycles. The summed E-state index contributed by atoms with van der Waals surface area (Å²) >= 11 is 0. The Kier molecular flexibility index (Phi) is 6.99. The first-order valence-electron chi connectivity index (χ1n) is 13.9. The van der Waals surface area contributed by atoms with Gasteiger partial charge in [0.25, 0.3) is 0 Å². The minimum absolute atomic E-state index is 0.0706. The summed E-state index contributed by atoms with van der Waals surface area (Å²) in [5.74, 6) is -3.01. The van der Waals surface area contributed by atoms with Gasteiger partial charge in [-0.05, 0) is 73.7 Å². The SMILES string of the molecule is CC1(C)C(=O)N(CC(=O)Nc2ccc3c(c2)C[C@@]2(C3)C(=O)Nc3ncccc32)[C@H](c2cc(F)cc(F)c2)CN1CC(F)(F)F. The van der Waals surface area contributed by atoms with Gasteiger partial charge >= 0.3 is 6.18 Å². The molecule has 44 heavy (non-hydrogen) atoms. The van der Waals surface area contributed by atoms with Crippen molar-refractivity contribution in [1.29, 1.82) is 0 Å². The highest BCUT2D eigenvalue weighted by atomic mass is 19.4. The molecule has 2 aliphatic heterocycles. The molecule has 1 fully saturated rings. The highest BCUT2D eigenvalue weighted by Gasteiger charge is 2.52. The fourth-order valence-electron chi connectivity index (χ4n) is 6.58. The first-order chi connectivity index (χ1) is 20.7. The van der Waals surface area contributed by atoms with Crippen molar-refractivity contribution in [3.63, 3.8) is 0 Å². The predicted molar refractivity (Wildman–Crippen MR) is 150 cm³/mol. The van der Waals surface area contributed by atoms with Crippen molar-refractivity contribution in [1.82, 2.24) is 14.8 Å². The minimum Gasteiger partial charge on any atom is -0.325 e. The maximum absolute atomic E-state index is 14.2. The van der Waals surface area contributed by atoms with Gasteiger partial charge in [-0.15, -0.1) is 0 Å². The van der Waals surface area contributed by atoms with E-state index in [1.807, 2.05) is 12.1 Å². The summed E-state index contributed by atoms with van der Waals surface area (Å²) in [6.07, 6.45) is -2.19. The lowest BCUT2D eigenvalue weighted by molar-refractivity contribution is -0.180. The van der Waals surface area contributed by atoms with Crippen molar-refractivity contribution in [2.45, 2.75) is 49.9 Å². The summed E-state index contributed by atoms with van der Waals surface area (Å²) in [7, 11) is 0. The first kappa shape index (κ1) is 29.7. The number of piperazine rings is 1. The zero-order valence-corrected chi connectivity index (χ0v) is 23.8. The number of amides is 3. The Labute approximate surface area is 249 Å². The molecule has 1 aliphatic carbocycles. The lowest BCUT2D eigenvalue weighted by Gasteiger charge is -2.50. The molecule has 3 amide bonds. The number of alkyl halides is 3. The van der Waals surface area contributed by atoms with Crippen LogP contribution in [0.1, 0.15) is 42.1 Å². The number of carbonyl (C=O) groups is 3. The second-order valence-electron chi connectivity index (χ2n) is 12.0. The van der Waals surface area contributed by atoms with Crippen molar-refractivity contribution < 1.29 is 36.3 Å². The molecule has 0 saturated carbocycles. The van der Waals surface area contributed by atoms with Gasteiger partial charge in [0.05, 0.1) is 23.5 Å². The van der Waals surface area contributed by atoms with Gasteiger partial charge in [-0.2, -0.15) is 13.2 Å². The van der Waals surface area contributed by atoms with Crippen LogP contribution in [0.15, 0.2) is 54.7 Å². The third-order valence-electron chi connectivity index (χ3n) is 8.76. The molecule has 2 aromatic carbocycles. The Morgan fingerprint density at radius 2 is 1.75 bits per heavy atom. The Bertz CT molecular complexity index is 1670. The number of pyridine rings is 1. The molecule has 0 unspecified atom stereocenters. The van der Waals surface area contributed by atoms with Gasteiger partial charge in [-0.25, -0.2) is 13.8 Å². The van der Waals surface area contributed by atoms with Crippen molar-refractivity contribution >= 4 is 29.2 Å². The summed E-state index contributed by atoms with van der Waals surface area (Å²) < 4.78 is 68.6. The van der Waals surface area contributed by atoms with Crippen LogP contribution in [0.3, 0.4) is 0 Å². The van der Waals surface area contributed by atoms with Crippen molar-refractivity contribution in [3.8, 4) is 0 Å². The number of fused-ring (bicyclic) bond motifs is 3.